The first-order chi connectivity index (χ1) is 6.61. The van der Waals surface area contributed by atoms with Gasteiger partial charge in [-0.2, -0.15) is 0 Å². The number of amides is 2. The van der Waals surface area contributed by atoms with Gasteiger partial charge in [-0.1, -0.05) is 6.08 Å². The van der Waals surface area contributed by atoms with E-state index in [0.29, 0.717) is 13.1 Å². The second kappa shape index (κ2) is 6.90. The van der Waals surface area contributed by atoms with Crippen LogP contribution in [-0.4, -0.2) is 41.7 Å². The second-order valence-electron chi connectivity index (χ2n) is 2.42. The molecule has 80 valence electrons. The predicted molar refractivity (Wildman–Crippen MR) is 49.6 cm³/mol. The number of hydrogen-bond acceptors (Lipinski definition) is 3. The van der Waals surface area contributed by atoms with Crippen LogP contribution in [0.3, 0.4) is 0 Å². The quantitative estimate of drug-likeness (QED) is 0.477. The molecule has 0 rings (SSSR count). The average Bonchev–Trinajstić information content (AvgIpc) is 2.13. The van der Waals surface area contributed by atoms with E-state index in [4.69, 9.17) is 5.11 Å². The first-order valence-corrected chi connectivity index (χ1v) is 4.11. The fourth-order valence-corrected chi connectivity index (χ4v) is 0.736. The van der Waals surface area contributed by atoms with Gasteiger partial charge >= 0.3 is 12.0 Å². The highest BCUT2D eigenvalue weighted by Crippen LogP contribution is 1.89. The van der Waals surface area contributed by atoms with Gasteiger partial charge in [0.05, 0.1) is 0 Å². The normalized spacial score (nSPS) is 9.21. The first kappa shape index (κ1) is 12.4. The Bertz CT molecular complexity index is 217. The van der Waals surface area contributed by atoms with E-state index in [2.05, 4.69) is 11.4 Å². The fourth-order valence-electron chi connectivity index (χ4n) is 0.736. The summed E-state index contributed by atoms with van der Waals surface area (Å²) in [4.78, 5) is 27.1. The monoisotopic (exact) mass is 202 g/mol. The highest BCUT2D eigenvalue weighted by molar-refractivity contribution is 5.73. The zero-order valence-corrected chi connectivity index (χ0v) is 8.02. The van der Waals surface area contributed by atoms with Gasteiger partial charge in [-0.15, -0.1) is 6.58 Å². The van der Waals surface area contributed by atoms with Gasteiger partial charge in [0.25, 0.3) is 0 Å². The summed E-state index contributed by atoms with van der Waals surface area (Å²) in [5.41, 5.74) is 2.01. The standard InChI is InChI=1S/C8H14N2O4/c1-3-5-10(4-2)8(13)9-14-6-7(11)12/h3H,1,4-6H2,2H3,(H,9,13)(H,11,12). The zero-order valence-electron chi connectivity index (χ0n) is 8.02. The van der Waals surface area contributed by atoms with Crippen LogP contribution in [0.25, 0.3) is 0 Å². The van der Waals surface area contributed by atoms with Crippen molar-refractivity contribution in [2.45, 2.75) is 6.92 Å². The molecule has 14 heavy (non-hydrogen) atoms. The third-order valence-corrected chi connectivity index (χ3v) is 1.37. The summed E-state index contributed by atoms with van der Waals surface area (Å²) >= 11 is 0. The molecule has 0 heterocycles. The van der Waals surface area contributed by atoms with Crippen LogP contribution < -0.4 is 5.48 Å². The third kappa shape index (κ3) is 5.15. The summed E-state index contributed by atoms with van der Waals surface area (Å²) in [6.07, 6.45) is 1.57. The molecule has 0 spiro atoms. The number of likely N-dealkylation sites (N-methyl/N-ethyl adjacent to an activating group) is 1. The van der Waals surface area contributed by atoms with E-state index in [9.17, 15) is 9.59 Å². The minimum absolute atomic E-state index is 0.388. The van der Waals surface area contributed by atoms with Crippen LogP contribution in [0.1, 0.15) is 6.92 Å². The number of carboxylic acids is 1. The lowest BCUT2D eigenvalue weighted by Crippen LogP contribution is -2.40. The van der Waals surface area contributed by atoms with Crippen molar-refractivity contribution in [1.82, 2.24) is 10.4 Å². The number of carbonyl (C=O) groups excluding carboxylic acids is 1. The van der Waals surface area contributed by atoms with Crippen LogP contribution in [0.4, 0.5) is 4.79 Å². The van der Waals surface area contributed by atoms with Gasteiger partial charge in [0.1, 0.15) is 0 Å². The molecule has 0 aliphatic carbocycles. The Kier molecular flexibility index (Phi) is 6.13. The lowest BCUT2D eigenvalue weighted by atomic mass is 10.5. The van der Waals surface area contributed by atoms with Crippen molar-refractivity contribution in [3.63, 3.8) is 0 Å². The molecule has 6 heteroatoms. The minimum atomic E-state index is -1.14. The van der Waals surface area contributed by atoms with Crippen LogP contribution in [-0.2, 0) is 9.63 Å². The summed E-state index contributed by atoms with van der Waals surface area (Å²) in [6, 6.07) is -0.478. The number of nitrogens with one attached hydrogen (secondary N) is 1. The molecule has 0 atom stereocenters. The van der Waals surface area contributed by atoms with Gasteiger partial charge in [0, 0.05) is 13.1 Å². The predicted octanol–water partition coefficient (Wildman–Crippen LogP) is 0.220. The van der Waals surface area contributed by atoms with E-state index in [0.717, 1.165) is 0 Å². The lowest BCUT2D eigenvalue weighted by molar-refractivity contribution is -0.144. The molecule has 0 aromatic heterocycles. The number of hydroxylamine groups is 1. The fraction of sp³-hybridized carbons (Fsp3) is 0.500. The topological polar surface area (TPSA) is 78.9 Å². The molecule has 0 unspecified atom stereocenters. The maximum atomic E-state index is 11.2. The van der Waals surface area contributed by atoms with Gasteiger partial charge < -0.3 is 10.0 Å². The molecular formula is C8H14N2O4. The van der Waals surface area contributed by atoms with Gasteiger partial charge in [0.15, 0.2) is 6.61 Å². The van der Waals surface area contributed by atoms with Crippen LogP contribution in [0.5, 0.6) is 0 Å². The smallest absolute Gasteiger partial charge is 0.341 e. The summed E-state index contributed by atoms with van der Waals surface area (Å²) in [5, 5.41) is 8.22. The molecule has 0 saturated heterocycles. The lowest BCUT2D eigenvalue weighted by Gasteiger charge is -2.18. The Balaban J connectivity index is 3.80. The van der Waals surface area contributed by atoms with E-state index < -0.39 is 18.6 Å². The largest absolute Gasteiger partial charge is 0.479 e. The van der Waals surface area contributed by atoms with Crippen LogP contribution in [0, 0.1) is 0 Å². The highest BCUT2D eigenvalue weighted by Gasteiger charge is 2.09. The molecule has 0 aliphatic rings. The number of carbonyl (C=O) groups is 2. The molecule has 2 N–H and O–H groups in total. The van der Waals surface area contributed by atoms with E-state index in [1.807, 2.05) is 5.48 Å². The SMILES string of the molecule is C=CCN(CC)C(=O)NOCC(=O)O. The Morgan fingerprint density at radius 2 is 2.29 bits per heavy atom. The van der Waals surface area contributed by atoms with Crippen molar-refractivity contribution in [2.24, 2.45) is 0 Å². The summed E-state index contributed by atoms with van der Waals surface area (Å²) in [5.74, 6) is -1.14. The maximum absolute atomic E-state index is 11.2. The van der Waals surface area contributed by atoms with E-state index >= 15 is 0 Å². The number of nitrogens with zero attached hydrogens (tertiary/aromatic N) is 1. The minimum Gasteiger partial charge on any atom is -0.479 e. The molecule has 0 saturated carbocycles. The first-order valence-electron chi connectivity index (χ1n) is 4.11. The Labute approximate surface area is 82.1 Å². The van der Waals surface area contributed by atoms with Crippen molar-refractivity contribution in [2.75, 3.05) is 19.7 Å². The van der Waals surface area contributed by atoms with E-state index in [-0.39, 0.29) is 0 Å². The summed E-state index contributed by atoms with van der Waals surface area (Å²) in [7, 11) is 0. The zero-order chi connectivity index (χ0) is 11.0. The van der Waals surface area contributed by atoms with Crippen molar-refractivity contribution >= 4 is 12.0 Å². The van der Waals surface area contributed by atoms with E-state index in [1.54, 1.807) is 13.0 Å². The molecule has 2 amide bonds. The Hall–Kier alpha value is -1.56. The average molecular weight is 202 g/mol. The third-order valence-electron chi connectivity index (χ3n) is 1.37. The molecule has 6 nitrogen and oxygen atoms in total. The molecule has 0 aromatic carbocycles. The van der Waals surface area contributed by atoms with Crippen LogP contribution in [0.2, 0.25) is 0 Å². The molecule has 0 aromatic rings. The number of urea groups is 1. The van der Waals surface area contributed by atoms with Gasteiger partial charge in [-0.05, 0) is 6.92 Å². The number of aliphatic carboxylic acids is 1. The molecule has 0 aliphatic heterocycles. The van der Waals surface area contributed by atoms with Crippen LogP contribution >= 0.6 is 0 Å². The number of rotatable bonds is 6. The molecule has 0 bridgehead atoms. The van der Waals surface area contributed by atoms with Crippen LogP contribution in [0.15, 0.2) is 12.7 Å². The molecule has 0 radical (unpaired) electrons. The van der Waals surface area contributed by atoms with Gasteiger partial charge in [0.2, 0.25) is 0 Å². The second-order valence-corrected chi connectivity index (χ2v) is 2.42. The van der Waals surface area contributed by atoms with Gasteiger partial charge in [-0.3, -0.25) is 4.84 Å². The molecule has 0 fully saturated rings. The van der Waals surface area contributed by atoms with Crippen molar-refractivity contribution in [3.8, 4) is 0 Å². The molecular weight excluding hydrogens is 188 g/mol. The van der Waals surface area contributed by atoms with Gasteiger partial charge in [-0.25, -0.2) is 15.1 Å². The Morgan fingerprint density at radius 1 is 1.64 bits per heavy atom. The number of hydrogen-bond donors (Lipinski definition) is 2. The van der Waals surface area contributed by atoms with Crippen molar-refractivity contribution in [1.29, 1.82) is 0 Å². The Morgan fingerprint density at radius 3 is 2.71 bits per heavy atom. The van der Waals surface area contributed by atoms with Crippen molar-refractivity contribution < 1.29 is 19.5 Å². The van der Waals surface area contributed by atoms with E-state index in [1.165, 1.54) is 4.90 Å². The number of carboxylic acid groups (broad SMARTS) is 1. The maximum Gasteiger partial charge on any atom is 0.341 e. The summed E-state index contributed by atoms with van der Waals surface area (Å²) in [6.45, 7) is 5.60. The van der Waals surface area contributed by atoms with Crippen molar-refractivity contribution in [3.05, 3.63) is 12.7 Å². The highest BCUT2D eigenvalue weighted by atomic mass is 16.7. The summed E-state index contributed by atoms with van der Waals surface area (Å²) < 4.78 is 0.